The quantitative estimate of drug-likeness (QED) is 0.802. The van der Waals surface area contributed by atoms with E-state index in [4.69, 9.17) is 5.73 Å². The molecule has 0 saturated heterocycles. The van der Waals surface area contributed by atoms with Gasteiger partial charge in [0.05, 0.1) is 0 Å². The first-order valence-corrected chi connectivity index (χ1v) is 5.15. The van der Waals surface area contributed by atoms with Crippen LogP contribution in [0.5, 0.6) is 0 Å². The molecule has 0 unspecified atom stereocenters. The van der Waals surface area contributed by atoms with Crippen LogP contribution in [0, 0.1) is 0 Å². The van der Waals surface area contributed by atoms with Crippen LogP contribution in [-0.4, -0.2) is 0 Å². The van der Waals surface area contributed by atoms with Crippen LogP contribution >= 0.6 is 15.9 Å². The highest BCUT2D eigenvalue weighted by Crippen LogP contribution is 2.18. The van der Waals surface area contributed by atoms with Gasteiger partial charge in [-0.3, -0.25) is 0 Å². The molecule has 0 saturated carbocycles. The summed E-state index contributed by atoms with van der Waals surface area (Å²) in [4.78, 5) is 0. The number of halogens is 1. The van der Waals surface area contributed by atoms with Crippen molar-refractivity contribution < 1.29 is 0 Å². The van der Waals surface area contributed by atoms with Gasteiger partial charge in [0.1, 0.15) is 0 Å². The molecule has 1 nitrogen and oxygen atoms in total. The molecule has 1 rings (SSSR count). The molecule has 2 N–H and O–H groups in total. The highest BCUT2D eigenvalue weighted by Gasteiger charge is 2.03. The predicted molar refractivity (Wildman–Crippen MR) is 60.5 cm³/mol. The summed E-state index contributed by atoms with van der Waals surface area (Å²) in [6, 6.07) is 8.27. The minimum absolute atomic E-state index is 0.131. The van der Waals surface area contributed by atoms with Crippen molar-refractivity contribution in [3.63, 3.8) is 0 Å². The Kier molecular flexibility index (Phi) is 4.19. The fourth-order valence-corrected chi connectivity index (χ4v) is 1.44. The Bertz CT molecular complexity index is 266. The molecule has 2 heteroatoms. The first-order chi connectivity index (χ1) is 6.24. The molecule has 0 fully saturated rings. The maximum absolute atomic E-state index is 5.97. The molecule has 1 atom stereocenters. The number of nitrogens with two attached hydrogens (primary N) is 1. The summed E-state index contributed by atoms with van der Waals surface area (Å²) in [6.45, 7) is 3.68. The Morgan fingerprint density at radius 2 is 2.00 bits per heavy atom. The Hall–Kier alpha value is -0.600. The van der Waals surface area contributed by atoms with Crippen LogP contribution in [0.25, 0.3) is 0 Å². The van der Waals surface area contributed by atoms with E-state index in [1.54, 1.807) is 0 Å². The third-order valence-corrected chi connectivity index (χ3v) is 2.51. The number of rotatable bonds is 4. The molecule has 13 heavy (non-hydrogen) atoms. The zero-order valence-electron chi connectivity index (χ0n) is 7.54. The number of allylic oxidation sites excluding steroid dienone is 1. The second kappa shape index (κ2) is 5.20. The first-order valence-electron chi connectivity index (χ1n) is 4.36. The van der Waals surface area contributed by atoms with Gasteiger partial charge in [-0.2, -0.15) is 0 Å². The number of benzene rings is 1. The average molecular weight is 240 g/mol. The summed E-state index contributed by atoms with van der Waals surface area (Å²) < 4.78 is 1.09. The fourth-order valence-electron chi connectivity index (χ4n) is 1.17. The van der Waals surface area contributed by atoms with Gasteiger partial charge in [0.15, 0.2) is 0 Å². The lowest BCUT2D eigenvalue weighted by Crippen LogP contribution is -2.09. The maximum atomic E-state index is 5.97. The van der Waals surface area contributed by atoms with Gasteiger partial charge in [-0.25, -0.2) is 0 Å². The second-order valence-electron chi connectivity index (χ2n) is 3.02. The SMILES string of the molecule is C=CCC[C@@H](N)c1ccc(Br)cc1. The molecule has 1 aromatic carbocycles. The summed E-state index contributed by atoms with van der Waals surface area (Å²) >= 11 is 3.39. The van der Waals surface area contributed by atoms with E-state index in [1.165, 1.54) is 5.56 Å². The van der Waals surface area contributed by atoms with Crippen molar-refractivity contribution in [3.05, 3.63) is 47.0 Å². The molecule has 0 aliphatic heterocycles. The molecule has 0 aliphatic rings. The molecule has 0 aliphatic carbocycles. The van der Waals surface area contributed by atoms with Crippen molar-refractivity contribution in [2.45, 2.75) is 18.9 Å². The third kappa shape index (κ3) is 3.33. The number of hydrogen-bond donors (Lipinski definition) is 1. The Morgan fingerprint density at radius 1 is 1.38 bits per heavy atom. The van der Waals surface area contributed by atoms with Crippen molar-refractivity contribution in [2.24, 2.45) is 5.73 Å². The average Bonchev–Trinajstić information content (AvgIpc) is 2.15. The molecule has 0 aromatic heterocycles. The largest absolute Gasteiger partial charge is 0.324 e. The first kappa shape index (κ1) is 10.5. The highest BCUT2D eigenvalue weighted by molar-refractivity contribution is 9.10. The van der Waals surface area contributed by atoms with Crippen molar-refractivity contribution in [3.8, 4) is 0 Å². The van der Waals surface area contributed by atoms with Crippen LogP contribution in [0.2, 0.25) is 0 Å². The van der Waals surface area contributed by atoms with E-state index < -0.39 is 0 Å². The lowest BCUT2D eigenvalue weighted by atomic mass is 10.0. The molecule has 0 bridgehead atoms. The van der Waals surface area contributed by atoms with Gasteiger partial charge in [0, 0.05) is 10.5 Å². The van der Waals surface area contributed by atoms with Crippen molar-refractivity contribution in [2.75, 3.05) is 0 Å². The molecular weight excluding hydrogens is 226 g/mol. The minimum Gasteiger partial charge on any atom is -0.324 e. The normalized spacial score (nSPS) is 12.5. The number of hydrogen-bond acceptors (Lipinski definition) is 1. The van der Waals surface area contributed by atoms with Crippen LogP contribution in [0.1, 0.15) is 24.4 Å². The Labute approximate surface area is 87.8 Å². The standard InChI is InChI=1S/C11H14BrN/c1-2-3-4-11(13)9-5-7-10(12)8-6-9/h2,5-8,11H,1,3-4,13H2/t11-/m1/s1. The van der Waals surface area contributed by atoms with E-state index in [1.807, 2.05) is 18.2 Å². The van der Waals surface area contributed by atoms with Crippen LogP contribution in [-0.2, 0) is 0 Å². The summed E-state index contributed by atoms with van der Waals surface area (Å²) in [5.41, 5.74) is 7.15. The fraction of sp³-hybridized carbons (Fsp3) is 0.273. The van der Waals surface area contributed by atoms with E-state index in [2.05, 4.69) is 34.6 Å². The van der Waals surface area contributed by atoms with Crippen LogP contribution in [0.15, 0.2) is 41.4 Å². The second-order valence-corrected chi connectivity index (χ2v) is 3.94. The van der Waals surface area contributed by atoms with Gasteiger partial charge < -0.3 is 5.73 Å². The van der Waals surface area contributed by atoms with Crippen molar-refractivity contribution >= 4 is 15.9 Å². The molecule has 70 valence electrons. The summed E-state index contributed by atoms with van der Waals surface area (Å²) in [5.74, 6) is 0. The lowest BCUT2D eigenvalue weighted by molar-refractivity contribution is 0.661. The zero-order valence-corrected chi connectivity index (χ0v) is 9.13. The smallest absolute Gasteiger partial charge is 0.0297 e. The zero-order chi connectivity index (χ0) is 9.68. The van der Waals surface area contributed by atoms with Crippen molar-refractivity contribution in [1.29, 1.82) is 0 Å². The van der Waals surface area contributed by atoms with Crippen LogP contribution in [0.4, 0.5) is 0 Å². The van der Waals surface area contributed by atoms with Crippen molar-refractivity contribution in [1.82, 2.24) is 0 Å². The predicted octanol–water partition coefficient (Wildman–Crippen LogP) is 3.42. The molecule has 0 heterocycles. The van der Waals surface area contributed by atoms with Gasteiger partial charge in [-0.15, -0.1) is 6.58 Å². The van der Waals surface area contributed by atoms with Gasteiger partial charge in [0.25, 0.3) is 0 Å². The molecular formula is C11H14BrN. The maximum Gasteiger partial charge on any atom is 0.0297 e. The van der Waals surface area contributed by atoms with Gasteiger partial charge in [0.2, 0.25) is 0 Å². The van der Waals surface area contributed by atoms with E-state index in [0.717, 1.165) is 17.3 Å². The summed E-state index contributed by atoms with van der Waals surface area (Å²) in [6.07, 6.45) is 3.83. The minimum atomic E-state index is 0.131. The van der Waals surface area contributed by atoms with E-state index >= 15 is 0 Å². The topological polar surface area (TPSA) is 26.0 Å². The van der Waals surface area contributed by atoms with E-state index in [0.29, 0.717) is 0 Å². The van der Waals surface area contributed by atoms with Gasteiger partial charge in [-0.1, -0.05) is 34.1 Å². The highest BCUT2D eigenvalue weighted by atomic mass is 79.9. The Balaban J connectivity index is 2.60. The Morgan fingerprint density at radius 3 is 2.54 bits per heavy atom. The molecule has 0 spiro atoms. The summed E-state index contributed by atoms with van der Waals surface area (Å²) in [7, 11) is 0. The van der Waals surface area contributed by atoms with Gasteiger partial charge in [-0.05, 0) is 30.5 Å². The van der Waals surface area contributed by atoms with E-state index in [-0.39, 0.29) is 6.04 Å². The lowest BCUT2D eigenvalue weighted by Gasteiger charge is -2.10. The summed E-state index contributed by atoms with van der Waals surface area (Å²) in [5, 5.41) is 0. The molecule has 1 aromatic rings. The third-order valence-electron chi connectivity index (χ3n) is 1.98. The van der Waals surface area contributed by atoms with Gasteiger partial charge >= 0.3 is 0 Å². The van der Waals surface area contributed by atoms with Crippen LogP contribution < -0.4 is 5.73 Å². The molecule has 0 amide bonds. The van der Waals surface area contributed by atoms with Crippen LogP contribution in [0.3, 0.4) is 0 Å². The molecule has 0 radical (unpaired) electrons. The monoisotopic (exact) mass is 239 g/mol. The van der Waals surface area contributed by atoms with E-state index in [9.17, 15) is 0 Å².